The molecular formula is C13H19F3N2. The fourth-order valence-electron chi connectivity index (χ4n) is 1.68. The normalized spacial score (nSPS) is 15.4. The first kappa shape index (κ1) is 15.0. The minimum Gasteiger partial charge on any atom is -0.314 e. The van der Waals surface area contributed by atoms with Crippen LogP contribution in [-0.4, -0.2) is 17.6 Å². The highest BCUT2D eigenvalue weighted by atomic mass is 19.4. The summed E-state index contributed by atoms with van der Waals surface area (Å²) >= 11 is 0. The number of alkyl halides is 3. The lowest BCUT2D eigenvalue weighted by molar-refractivity contribution is -0.137. The van der Waals surface area contributed by atoms with Crippen LogP contribution < -0.4 is 5.32 Å². The van der Waals surface area contributed by atoms with E-state index in [2.05, 4.69) is 10.3 Å². The quantitative estimate of drug-likeness (QED) is 0.875. The van der Waals surface area contributed by atoms with Gasteiger partial charge >= 0.3 is 6.18 Å². The van der Waals surface area contributed by atoms with Crippen LogP contribution in [0, 0.1) is 0 Å². The van der Waals surface area contributed by atoms with Crippen molar-refractivity contribution in [2.24, 2.45) is 0 Å². The number of hydrogen-bond donors (Lipinski definition) is 1. The maximum absolute atomic E-state index is 12.6. The van der Waals surface area contributed by atoms with Gasteiger partial charge in [0, 0.05) is 23.9 Å². The Bertz CT molecular complexity index is 377. The van der Waals surface area contributed by atoms with Gasteiger partial charge in [0.1, 0.15) is 0 Å². The van der Waals surface area contributed by atoms with Gasteiger partial charge in [0.05, 0.1) is 5.56 Å². The highest BCUT2D eigenvalue weighted by Crippen LogP contribution is 2.30. The van der Waals surface area contributed by atoms with Gasteiger partial charge in [0.25, 0.3) is 0 Å². The molecule has 0 fully saturated rings. The van der Waals surface area contributed by atoms with Gasteiger partial charge in [-0.1, -0.05) is 13.8 Å². The smallest absolute Gasteiger partial charge is 0.314 e. The average molecular weight is 260 g/mol. The van der Waals surface area contributed by atoms with Gasteiger partial charge in [0.2, 0.25) is 0 Å². The minimum atomic E-state index is -4.31. The summed E-state index contributed by atoms with van der Waals surface area (Å²) in [7, 11) is 0. The molecule has 0 bridgehead atoms. The van der Waals surface area contributed by atoms with Gasteiger partial charge in [-0.2, -0.15) is 13.2 Å². The van der Waals surface area contributed by atoms with Crippen molar-refractivity contribution < 1.29 is 13.2 Å². The van der Waals surface area contributed by atoms with Crippen LogP contribution in [0.2, 0.25) is 0 Å². The van der Waals surface area contributed by atoms with E-state index in [4.69, 9.17) is 0 Å². The Balaban J connectivity index is 2.83. The number of nitrogens with zero attached hydrogens (tertiary/aromatic N) is 1. The Morgan fingerprint density at radius 3 is 2.56 bits per heavy atom. The zero-order valence-corrected chi connectivity index (χ0v) is 10.9. The van der Waals surface area contributed by atoms with Crippen molar-refractivity contribution in [2.45, 2.75) is 45.3 Å². The molecular weight excluding hydrogens is 241 g/mol. The third-order valence-corrected chi connectivity index (χ3v) is 3.04. The maximum atomic E-state index is 12.6. The van der Waals surface area contributed by atoms with E-state index in [1.807, 2.05) is 20.8 Å². The van der Waals surface area contributed by atoms with Gasteiger partial charge in [0.15, 0.2) is 0 Å². The second-order valence-corrected chi connectivity index (χ2v) is 4.50. The number of halogens is 3. The van der Waals surface area contributed by atoms with E-state index in [0.717, 1.165) is 25.1 Å². The Labute approximate surface area is 106 Å². The molecule has 1 aromatic heterocycles. The molecule has 2 atom stereocenters. The van der Waals surface area contributed by atoms with Crippen LogP contribution in [0.1, 0.15) is 44.4 Å². The van der Waals surface area contributed by atoms with Crippen LogP contribution in [0.5, 0.6) is 0 Å². The number of rotatable bonds is 5. The van der Waals surface area contributed by atoms with Gasteiger partial charge in [-0.15, -0.1) is 0 Å². The summed E-state index contributed by atoms with van der Waals surface area (Å²) in [5, 5.41) is 3.27. The Hall–Kier alpha value is -1.10. The van der Waals surface area contributed by atoms with Crippen LogP contribution in [0.3, 0.4) is 0 Å². The molecule has 18 heavy (non-hydrogen) atoms. The highest BCUT2D eigenvalue weighted by Gasteiger charge is 2.31. The largest absolute Gasteiger partial charge is 0.416 e. The van der Waals surface area contributed by atoms with E-state index in [9.17, 15) is 13.2 Å². The maximum Gasteiger partial charge on any atom is 0.416 e. The molecule has 0 spiro atoms. The van der Waals surface area contributed by atoms with E-state index in [1.165, 1.54) is 6.20 Å². The first-order valence-corrected chi connectivity index (χ1v) is 6.12. The van der Waals surface area contributed by atoms with Crippen molar-refractivity contribution in [2.75, 3.05) is 6.54 Å². The second kappa shape index (κ2) is 6.18. The first-order chi connectivity index (χ1) is 8.36. The zero-order valence-electron chi connectivity index (χ0n) is 10.9. The molecule has 5 heteroatoms. The standard InChI is InChI=1S/C13H19F3N2/c1-4-6-17-10(3)9(2)12-8-11(5-7-18-12)13(14,15)16/h5,7-10,17H,4,6H2,1-3H3. The number of aromatic nitrogens is 1. The third-order valence-electron chi connectivity index (χ3n) is 3.04. The molecule has 0 aliphatic carbocycles. The van der Waals surface area contributed by atoms with Crippen LogP contribution in [0.25, 0.3) is 0 Å². The molecule has 0 saturated heterocycles. The number of hydrogen-bond acceptors (Lipinski definition) is 2. The molecule has 1 rings (SSSR count). The number of nitrogens with one attached hydrogen (secondary N) is 1. The molecule has 1 aromatic rings. The Morgan fingerprint density at radius 2 is 2.00 bits per heavy atom. The SMILES string of the molecule is CCCNC(C)C(C)c1cc(C(F)(F)F)ccn1. The monoisotopic (exact) mass is 260 g/mol. The van der Waals surface area contributed by atoms with E-state index in [-0.39, 0.29) is 12.0 Å². The fourth-order valence-corrected chi connectivity index (χ4v) is 1.68. The average Bonchev–Trinajstić information content (AvgIpc) is 2.34. The molecule has 0 aliphatic rings. The van der Waals surface area contributed by atoms with Crippen molar-refractivity contribution >= 4 is 0 Å². The second-order valence-electron chi connectivity index (χ2n) is 4.50. The Morgan fingerprint density at radius 1 is 1.33 bits per heavy atom. The van der Waals surface area contributed by atoms with Crippen molar-refractivity contribution in [1.29, 1.82) is 0 Å². The first-order valence-electron chi connectivity index (χ1n) is 6.12. The lowest BCUT2D eigenvalue weighted by Crippen LogP contribution is -2.32. The van der Waals surface area contributed by atoms with Gasteiger partial charge in [-0.25, -0.2) is 0 Å². The van der Waals surface area contributed by atoms with Crippen LogP contribution in [-0.2, 0) is 6.18 Å². The number of pyridine rings is 1. The van der Waals surface area contributed by atoms with Crippen molar-refractivity contribution in [3.05, 3.63) is 29.6 Å². The Kier molecular flexibility index (Phi) is 5.14. The molecule has 1 N–H and O–H groups in total. The van der Waals surface area contributed by atoms with Crippen LogP contribution in [0.15, 0.2) is 18.3 Å². The molecule has 102 valence electrons. The highest BCUT2D eigenvalue weighted by molar-refractivity contribution is 5.22. The molecule has 0 amide bonds. The van der Waals surface area contributed by atoms with Gasteiger partial charge in [-0.3, -0.25) is 4.98 Å². The summed E-state index contributed by atoms with van der Waals surface area (Å²) in [6, 6.07) is 2.23. The molecule has 0 radical (unpaired) electrons. The summed E-state index contributed by atoms with van der Waals surface area (Å²) < 4.78 is 37.8. The minimum absolute atomic E-state index is 0.0566. The van der Waals surface area contributed by atoms with E-state index >= 15 is 0 Å². The van der Waals surface area contributed by atoms with E-state index < -0.39 is 11.7 Å². The summed E-state index contributed by atoms with van der Waals surface area (Å²) in [6.45, 7) is 6.75. The van der Waals surface area contributed by atoms with Crippen LogP contribution >= 0.6 is 0 Å². The topological polar surface area (TPSA) is 24.9 Å². The van der Waals surface area contributed by atoms with Crippen molar-refractivity contribution in [3.63, 3.8) is 0 Å². The van der Waals surface area contributed by atoms with E-state index in [1.54, 1.807) is 0 Å². The lowest BCUT2D eigenvalue weighted by Gasteiger charge is -2.21. The lowest BCUT2D eigenvalue weighted by atomic mass is 9.98. The molecule has 2 unspecified atom stereocenters. The predicted molar refractivity (Wildman–Crippen MR) is 65.4 cm³/mol. The zero-order chi connectivity index (χ0) is 13.8. The van der Waals surface area contributed by atoms with Crippen LogP contribution in [0.4, 0.5) is 13.2 Å². The summed E-state index contributed by atoms with van der Waals surface area (Å²) in [4.78, 5) is 4.04. The summed E-state index contributed by atoms with van der Waals surface area (Å²) in [6.07, 6.45) is -2.09. The summed E-state index contributed by atoms with van der Waals surface area (Å²) in [5.41, 5.74) is -0.164. The molecule has 0 aromatic carbocycles. The molecule has 0 aliphatic heterocycles. The third kappa shape index (κ3) is 3.98. The van der Waals surface area contributed by atoms with Crippen molar-refractivity contribution in [1.82, 2.24) is 10.3 Å². The van der Waals surface area contributed by atoms with Crippen molar-refractivity contribution in [3.8, 4) is 0 Å². The predicted octanol–water partition coefficient (Wildman–Crippen LogP) is 3.59. The van der Waals surface area contributed by atoms with E-state index in [0.29, 0.717) is 5.69 Å². The summed E-state index contributed by atoms with van der Waals surface area (Å²) in [5.74, 6) is -0.0566. The van der Waals surface area contributed by atoms with Gasteiger partial charge < -0.3 is 5.32 Å². The van der Waals surface area contributed by atoms with Gasteiger partial charge in [-0.05, 0) is 32.0 Å². The molecule has 1 heterocycles. The molecule has 2 nitrogen and oxygen atoms in total. The molecule has 0 saturated carbocycles. The fraction of sp³-hybridized carbons (Fsp3) is 0.615.